The molecule has 0 aliphatic heterocycles. The average molecular weight is 140 g/mol. The summed E-state index contributed by atoms with van der Waals surface area (Å²) in [6, 6.07) is 0. The van der Waals surface area contributed by atoms with Gasteiger partial charge in [-0.25, -0.2) is 0 Å². The molecule has 0 saturated heterocycles. The van der Waals surface area contributed by atoms with E-state index in [0.717, 1.165) is 0 Å². The largest absolute Gasteiger partial charge is 1.00 e. The molecule has 5 heteroatoms. The molecule has 0 aliphatic carbocycles. The monoisotopic (exact) mass is 140 g/mol. The zero-order chi connectivity index (χ0) is 7.49. The van der Waals surface area contributed by atoms with Gasteiger partial charge in [0.15, 0.2) is 0 Å². The molecule has 0 heterocycles. The predicted octanol–water partition coefficient (Wildman–Crippen LogP) is -5.27. The van der Waals surface area contributed by atoms with Crippen molar-refractivity contribution in [1.82, 2.24) is 0 Å². The fraction of sp³-hybridized carbons (Fsp3) is 0.800. The summed E-state index contributed by atoms with van der Waals surface area (Å²) >= 11 is 0. The van der Waals surface area contributed by atoms with Crippen molar-refractivity contribution >= 4 is 5.97 Å². The molecule has 0 aromatic heterocycles. The van der Waals surface area contributed by atoms with E-state index in [1.165, 1.54) is 6.92 Å². The minimum Gasteiger partial charge on any atom is -0.549 e. The summed E-state index contributed by atoms with van der Waals surface area (Å²) < 4.78 is 0. The summed E-state index contributed by atoms with van der Waals surface area (Å²) in [6.45, 7) is -0.000000000000000666. The van der Waals surface area contributed by atoms with Gasteiger partial charge in [-0.1, -0.05) is 0 Å². The van der Waals surface area contributed by atoms with Gasteiger partial charge in [-0.15, -0.1) is 0 Å². The molecule has 0 amide bonds. The van der Waals surface area contributed by atoms with Crippen LogP contribution in [-0.4, -0.2) is 29.4 Å². The van der Waals surface area contributed by atoms with Gasteiger partial charge >= 0.3 is 18.9 Å². The van der Waals surface area contributed by atoms with Crippen LogP contribution in [0.1, 0.15) is 6.92 Å². The van der Waals surface area contributed by atoms with E-state index in [-0.39, 0.29) is 18.9 Å². The maximum Gasteiger partial charge on any atom is 1.00 e. The Kier molecular flexibility index (Phi) is 6.01. The Morgan fingerprint density at radius 2 is 1.80 bits per heavy atom. The fourth-order valence-corrected chi connectivity index (χ4v) is 0.179. The number of carbonyl (C=O) groups excluding carboxylic acids is 1. The molecule has 0 spiro atoms. The third-order valence-electron chi connectivity index (χ3n) is 1.19. The van der Waals surface area contributed by atoms with Gasteiger partial charge in [-0.2, -0.15) is 0 Å². The number of aliphatic hydroxyl groups is 2. The van der Waals surface area contributed by atoms with E-state index >= 15 is 0 Å². The van der Waals surface area contributed by atoms with Crippen LogP contribution in [0.2, 0.25) is 0 Å². The molecular formula is C5H9LiO4. The molecular weight excluding hydrogens is 131 g/mol. The Bertz CT molecular complexity index is 110. The molecule has 0 unspecified atom stereocenters. The van der Waals surface area contributed by atoms with Gasteiger partial charge in [0, 0.05) is 0 Å². The second kappa shape index (κ2) is 4.75. The van der Waals surface area contributed by atoms with Gasteiger partial charge in [0.2, 0.25) is 0 Å². The maximum atomic E-state index is 10.1. The molecule has 0 saturated carbocycles. The Morgan fingerprint density at radius 1 is 1.50 bits per heavy atom. The number of carboxylic acid groups (broad SMARTS) is 1. The molecule has 0 rings (SSSR count). The summed E-state index contributed by atoms with van der Waals surface area (Å²) in [5.74, 6) is -1.44. The van der Waals surface area contributed by atoms with E-state index in [1.54, 1.807) is 0 Å². The minimum atomic E-state index is -1.50. The molecule has 0 aliphatic rings. The van der Waals surface area contributed by atoms with Crippen LogP contribution < -0.4 is 24.0 Å². The second-order valence-corrected chi connectivity index (χ2v) is 2.16. The van der Waals surface area contributed by atoms with E-state index in [2.05, 4.69) is 0 Å². The fourth-order valence-electron chi connectivity index (χ4n) is 0.179. The van der Waals surface area contributed by atoms with Crippen LogP contribution in [0.5, 0.6) is 0 Å². The van der Waals surface area contributed by atoms with Crippen molar-refractivity contribution in [3.63, 3.8) is 0 Å². The summed E-state index contributed by atoms with van der Waals surface area (Å²) in [7, 11) is 0. The molecule has 0 atom stereocenters. The van der Waals surface area contributed by atoms with Crippen LogP contribution in [0.25, 0.3) is 0 Å². The predicted molar refractivity (Wildman–Crippen MR) is 27.3 cm³/mol. The van der Waals surface area contributed by atoms with Gasteiger partial charge < -0.3 is 20.1 Å². The quantitative estimate of drug-likeness (QED) is 0.384. The molecule has 4 nitrogen and oxygen atoms in total. The van der Waals surface area contributed by atoms with Crippen LogP contribution in [-0.2, 0) is 4.79 Å². The molecule has 10 heavy (non-hydrogen) atoms. The average Bonchev–Trinajstić information content (AvgIpc) is 1.86. The van der Waals surface area contributed by atoms with Crippen molar-refractivity contribution < 1.29 is 39.0 Å². The van der Waals surface area contributed by atoms with Crippen molar-refractivity contribution in [1.29, 1.82) is 0 Å². The Morgan fingerprint density at radius 3 is 1.80 bits per heavy atom. The van der Waals surface area contributed by atoms with Crippen molar-refractivity contribution in [3.8, 4) is 0 Å². The standard InChI is InChI=1S/C5H10O4.Li/c1-5(2-6,3-7)4(8)9;/h6-7H,2-3H2,1H3,(H,8,9);/q;+1/p-1. The first-order valence-corrected chi connectivity index (χ1v) is 2.50. The first kappa shape index (κ1) is 12.6. The van der Waals surface area contributed by atoms with Gasteiger partial charge in [0.05, 0.1) is 24.6 Å². The number of hydrogen-bond donors (Lipinski definition) is 2. The van der Waals surface area contributed by atoms with Gasteiger partial charge in [-0.3, -0.25) is 0 Å². The van der Waals surface area contributed by atoms with Crippen molar-refractivity contribution in [2.75, 3.05) is 13.2 Å². The number of rotatable bonds is 3. The zero-order valence-electron chi connectivity index (χ0n) is 6.13. The smallest absolute Gasteiger partial charge is 0.549 e. The molecule has 0 aromatic rings. The number of aliphatic carboxylic acids is 1. The summed E-state index contributed by atoms with van der Waals surface area (Å²) in [5.41, 5.74) is -1.50. The van der Waals surface area contributed by atoms with E-state index in [1.807, 2.05) is 0 Å². The van der Waals surface area contributed by atoms with Crippen LogP contribution in [0, 0.1) is 5.41 Å². The van der Waals surface area contributed by atoms with Gasteiger partial charge in [0.1, 0.15) is 0 Å². The number of carboxylic acids is 1. The van der Waals surface area contributed by atoms with Crippen LogP contribution >= 0.6 is 0 Å². The topological polar surface area (TPSA) is 80.6 Å². The molecule has 0 aromatic carbocycles. The van der Waals surface area contributed by atoms with Crippen molar-refractivity contribution in [2.24, 2.45) is 5.41 Å². The normalized spacial score (nSPS) is 10.3. The second-order valence-electron chi connectivity index (χ2n) is 2.16. The zero-order valence-corrected chi connectivity index (χ0v) is 6.13. The molecule has 2 N–H and O–H groups in total. The first-order valence-electron chi connectivity index (χ1n) is 2.50. The SMILES string of the molecule is CC(CO)(CO)C(=O)[O-].[Li+]. The van der Waals surface area contributed by atoms with Crippen molar-refractivity contribution in [3.05, 3.63) is 0 Å². The third-order valence-corrected chi connectivity index (χ3v) is 1.19. The van der Waals surface area contributed by atoms with E-state index < -0.39 is 24.6 Å². The summed E-state index contributed by atoms with van der Waals surface area (Å²) in [4.78, 5) is 10.1. The van der Waals surface area contributed by atoms with E-state index in [9.17, 15) is 9.90 Å². The Balaban J connectivity index is 0. The van der Waals surface area contributed by atoms with Gasteiger partial charge in [-0.05, 0) is 6.92 Å². The summed E-state index contributed by atoms with van der Waals surface area (Å²) in [5, 5.41) is 26.8. The molecule has 0 bridgehead atoms. The molecule has 0 fully saturated rings. The number of hydrogen-bond acceptors (Lipinski definition) is 4. The molecule has 0 radical (unpaired) electrons. The number of carbonyl (C=O) groups is 1. The van der Waals surface area contributed by atoms with E-state index in [0.29, 0.717) is 0 Å². The Labute approximate surface area is 71.0 Å². The van der Waals surface area contributed by atoms with Crippen LogP contribution in [0.3, 0.4) is 0 Å². The minimum absolute atomic E-state index is 0. The Hall–Kier alpha value is -0.0126. The van der Waals surface area contributed by atoms with Crippen LogP contribution in [0.4, 0.5) is 0 Å². The van der Waals surface area contributed by atoms with Crippen molar-refractivity contribution in [2.45, 2.75) is 6.92 Å². The van der Waals surface area contributed by atoms with Gasteiger partial charge in [0.25, 0.3) is 0 Å². The maximum absolute atomic E-state index is 10.1. The third kappa shape index (κ3) is 2.71. The first-order chi connectivity index (χ1) is 4.06. The summed E-state index contributed by atoms with van der Waals surface area (Å²) in [6.07, 6.45) is 0. The molecule has 54 valence electrons. The van der Waals surface area contributed by atoms with E-state index in [4.69, 9.17) is 10.2 Å². The van der Waals surface area contributed by atoms with Crippen LogP contribution in [0.15, 0.2) is 0 Å². The number of aliphatic hydroxyl groups excluding tert-OH is 2.